The Kier molecular flexibility index (Phi) is 6.45. The third-order valence-electron chi connectivity index (χ3n) is 6.18. The van der Waals surface area contributed by atoms with Crippen molar-refractivity contribution in [2.45, 2.75) is 37.9 Å². The summed E-state index contributed by atoms with van der Waals surface area (Å²) in [5.74, 6) is -0.176. The number of aliphatic hydroxyl groups excluding tert-OH is 1. The number of fused-ring (bicyclic) bond motifs is 1. The number of nitrogens with one attached hydrogen (secondary N) is 1. The van der Waals surface area contributed by atoms with E-state index in [2.05, 4.69) is 34.5 Å². The number of carbonyl (C=O) groups excluding carboxylic acids is 2. The van der Waals surface area contributed by atoms with E-state index in [9.17, 15) is 14.7 Å². The summed E-state index contributed by atoms with van der Waals surface area (Å²) in [5.41, 5.74) is 3.68. The second-order valence-electron chi connectivity index (χ2n) is 8.10. The number of hydrogen-bond donors (Lipinski definition) is 2. The molecule has 0 aromatic heterocycles. The average Bonchev–Trinajstić information content (AvgIpc) is 3.19. The van der Waals surface area contributed by atoms with E-state index in [4.69, 9.17) is 0 Å². The lowest BCUT2D eigenvalue weighted by Gasteiger charge is -2.39. The Bertz CT molecular complexity index is 861. The van der Waals surface area contributed by atoms with Crippen LogP contribution in [0.2, 0.25) is 0 Å². The molecule has 1 aliphatic carbocycles. The minimum atomic E-state index is -0.470. The van der Waals surface area contributed by atoms with Gasteiger partial charge in [0.15, 0.2) is 0 Å². The van der Waals surface area contributed by atoms with E-state index in [1.165, 1.54) is 11.1 Å². The SMILES string of the molecule is O=C1NCCN(C2Cc3ccccc3C2)[C@@H]1CC(=O)N(CCO)Cc1ccccc1. The molecular weight excluding hydrogens is 378 g/mol. The average molecular weight is 408 g/mol. The Morgan fingerprint density at radius 2 is 1.73 bits per heavy atom. The van der Waals surface area contributed by atoms with Crippen LogP contribution in [0.3, 0.4) is 0 Å². The third kappa shape index (κ3) is 4.55. The number of aliphatic hydroxyl groups is 1. The van der Waals surface area contributed by atoms with Gasteiger partial charge in [-0.1, -0.05) is 54.6 Å². The minimum Gasteiger partial charge on any atom is -0.395 e. The Balaban J connectivity index is 1.47. The van der Waals surface area contributed by atoms with Crippen molar-refractivity contribution in [3.8, 4) is 0 Å². The molecule has 2 amide bonds. The number of piperazine rings is 1. The molecule has 1 saturated heterocycles. The number of hydrogen-bond acceptors (Lipinski definition) is 4. The molecule has 0 bridgehead atoms. The molecule has 6 heteroatoms. The molecule has 30 heavy (non-hydrogen) atoms. The van der Waals surface area contributed by atoms with Crippen molar-refractivity contribution in [1.82, 2.24) is 15.1 Å². The topological polar surface area (TPSA) is 72.9 Å². The molecule has 158 valence electrons. The predicted molar refractivity (Wildman–Crippen MR) is 115 cm³/mol. The lowest BCUT2D eigenvalue weighted by atomic mass is 10.0. The van der Waals surface area contributed by atoms with Crippen molar-refractivity contribution in [1.29, 1.82) is 0 Å². The van der Waals surface area contributed by atoms with Crippen LogP contribution < -0.4 is 5.32 Å². The fourth-order valence-electron chi connectivity index (χ4n) is 4.66. The Labute approximate surface area is 177 Å². The number of amides is 2. The standard InChI is InChI=1S/C24H29N3O3/c28-13-12-26(17-18-6-2-1-3-7-18)23(29)16-22-24(30)25-10-11-27(22)21-14-19-8-4-5-9-20(19)15-21/h1-9,21-22,28H,10-17H2,(H,25,30)/t22-/m1/s1. The fourth-order valence-corrected chi connectivity index (χ4v) is 4.66. The predicted octanol–water partition coefficient (Wildman–Crippen LogP) is 1.37. The molecule has 2 aliphatic rings. The quantitative estimate of drug-likeness (QED) is 0.727. The van der Waals surface area contributed by atoms with E-state index in [1.807, 2.05) is 30.3 Å². The molecule has 2 aromatic carbocycles. The van der Waals surface area contributed by atoms with Crippen LogP contribution in [0.4, 0.5) is 0 Å². The molecule has 4 rings (SSSR count). The molecular formula is C24H29N3O3. The largest absolute Gasteiger partial charge is 0.395 e. The van der Waals surface area contributed by atoms with Crippen LogP contribution >= 0.6 is 0 Å². The van der Waals surface area contributed by atoms with Gasteiger partial charge in [-0.3, -0.25) is 14.5 Å². The fraction of sp³-hybridized carbons (Fsp3) is 0.417. The van der Waals surface area contributed by atoms with E-state index in [1.54, 1.807) is 4.90 Å². The van der Waals surface area contributed by atoms with E-state index < -0.39 is 6.04 Å². The van der Waals surface area contributed by atoms with Crippen molar-refractivity contribution < 1.29 is 14.7 Å². The Morgan fingerprint density at radius 3 is 2.40 bits per heavy atom. The second kappa shape index (κ2) is 9.41. The molecule has 0 saturated carbocycles. The highest BCUT2D eigenvalue weighted by molar-refractivity contribution is 5.89. The van der Waals surface area contributed by atoms with Crippen molar-refractivity contribution in [3.05, 3.63) is 71.3 Å². The van der Waals surface area contributed by atoms with Gasteiger partial charge in [0.05, 0.1) is 19.1 Å². The lowest BCUT2D eigenvalue weighted by molar-refractivity contribution is -0.140. The zero-order valence-electron chi connectivity index (χ0n) is 17.2. The van der Waals surface area contributed by atoms with Crippen molar-refractivity contribution in [2.24, 2.45) is 0 Å². The smallest absolute Gasteiger partial charge is 0.237 e. The third-order valence-corrected chi connectivity index (χ3v) is 6.18. The molecule has 0 spiro atoms. The zero-order valence-corrected chi connectivity index (χ0v) is 17.2. The number of rotatable bonds is 7. The van der Waals surface area contributed by atoms with Crippen molar-refractivity contribution in [2.75, 3.05) is 26.2 Å². The molecule has 1 heterocycles. The summed E-state index contributed by atoms with van der Waals surface area (Å²) in [4.78, 5) is 29.7. The first-order valence-electron chi connectivity index (χ1n) is 10.7. The first-order valence-corrected chi connectivity index (χ1v) is 10.7. The van der Waals surface area contributed by atoms with Gasteiger partial charge >= 0.3 is 0 Å². The summed E-state index contributed by atoms with van der Waals surface area (Å²) < 4.78 is 0. The minimum absolute atomic E-state index is 0.0748. The van der Waals surface area contributed by atoms with Gasteiger partial charge < -0.3 is 15.3 Å². The molecule has 2 aromatic rings. The van der Waals surface area contributed by atoms with Gasteiger partial charge in [-0.25, -0.2) is 0 Å². The molecule has 2 N–H and O–H groups in total. The van der Waals surface area contributed by atoms with Crippen molar-refractivity contribution >= 4 is 11.8 Å². The van der Waals surface area contributed by atoms with Crippen LogP contribution in [0.1, 0.15) is 23.1 Å². The van der Waals surface area contributed by atoms with Gasteiger partial charge in [0.2, 0.25) is 11.8 Å². The van der Waals surface area contributed by atoms with Crippen LogP contribution in [0.5, 0.6) is 0 Å². The number of nitrogens with zero attached hydrogens (tertiary/aromatic N) is 2. The Hall–Kier alpha value is -2.70. The first-order chi connectivity index (χ1) is 14.7. The summed E-state index contributed by atoms with van der Waals surface area (Å²) in [6.07, 6.45) is 1.96. The highest BCUT2D eigenvalue weighted by Crippen LogP contribution is 2.28. The van der Waals surface area contributed by atoms with E-state index in [-0.39, 0.29) is 37.4 Å². The molecule has 1 atom stereocenters. The molecule has 6 nitrogen and oxygen atoms in total. The first kappa shape index (κ1) is 20.6. The van der Waals surface area contributed by atoms with E-state index in [0.29, 0.717) is 13.1 Å². The maximum Gasteiger partial charge on any atom is 0.237 e. The van der Waals surface area contributed by atoms with E-state index >= 15 is 0 Å². The normalized spacial score (nSPS) is 19.4. The number of benzene rings is 2. The highest BCUT2D eigenvalue weighted by Gasteiger charge is 2.38. The second-order valence-corrected chi connectivity index (χ2v) is 8.10. The zero-order chi connectivity index (χ0) is 20.9. The van der Waals surface area contributed by atoms with Crippen LogP contribution in [0.25, 0.3) is 0 Å². The summed E-state index contributed by atoms with van der Waals surface area (Å²) in [6.45, 7) is 1.96. The van der Waals surface area contributed by atoms with Gasteiger partial charge in [-0.2, -0.15) is 0 Å². The van der Waals surface area contributed by atoms with Gasteiger partial charge in [0.1, 0.15) is 0 Å². The molecule has 1 fully saturated rings. The van der Waals surface area contributed by atoms with Gasteiger partial charge in [0.25, 0.3) is 0 Å². The van der Waals surface area contributed by atoms with E-state index in [0.717, 1.165) is 24.9 Å². The van der Waals surface area contributed by atoms with Crippen LogP contribution in [-0.4, -0.2) is 65.0 Å². The monoisotopic (exact) mass is 407 g/mol. The summed E-state index contributed by atoms with van der Waals surface area (Å²) >= 11 is 0. The number of carbonyl (C=O) groups is 2. The maximum absolute atomic E-state index is 13.1. The lowest BCUT2D eigenvalue weighted by Crippen LogP contribution is -2.60. The Morgan fingerprint density at radius 1 is 1.07 bits per heavy atom. The van der Waals surface area contributed by atoms with Gasteiger partial charge in [-0.05, 0) is 29.5 Å². The summed E-state index contributed by atoms with van der Waals surface area (Å²) in [7, 11) is 0. The molecule has 0 unspecified atom stereocenters. The molecule has 0 radical (unpaired) electrons. The summed E-state index contributed by atoms with van der Waals surface area (Å²) in [6, 6.07) is 17.9. The van der Waals surface area contributed by atoms with Crippen LogP contribution in [0.15, 0.2) is 54.6 Å². The maximum atomic E-state index is 13.1. The molecule has 1 aliphatic heterocycles. The van der Waals surface area contributed by atoms with Crippen LogP contribution in [0, 0.1) is 0 Å². The van der Waals surface area contributed by atoms with Gasteiger partial charge in [0, 0.05) is 32.2 Å². The van der Waals surface area contributed by atoms with Crippen LogP contribution in [-0.2, 0) is 29.0 Å². The highest BCUT2D eigenvalue weighted by atomic mass is 16.3. The van der Waals surface area contributed by atoms with Gasteiger partial charge in [-0.15, -0.1) is 0 Å². The van der Waals surface area contributed by atoms with Crippen molar-refractivity contribution in [3.63, 3.8) is 0 Å². The summed E-state index contributed by atoms with van der Waals surface area (Å²) in [5, 5.41) is 12.4.